The number of urea groups is 1. The minimum absolute atomic E-state index is 0.0212. The number of aromatic hydroxyl groups is 1. The number of imide groups is 1. The maximum absolute atomic E-state index is 14.9. The van der Waals surface area contributed by atoms with E-state index in [9.17, 15) is 70.8 Å². The number of nitrogens with zero attached hydrogens (tertiary/aromatic N) is 1. The van der Waals surface area contributed by atoms with Crippen LogP contribution in [0.2, 0.25) is 0 Å². The van der Waals surface area contributed by atoms with Gasteiger partial charge in [0.25, 0.3) is 10.1 Å². The molecule has 4 aliphatic carbocycles. The predicted molar refractivity (Wildman–Crippen MR) is 519 cm³/mol. The molecule has 5 aromatic rings. The highest BCUT2D eigenvalue weighted by atomic mass is 32.2. The number of hydrazine groups is 1. The molecular weight excluding hydrogens is 1800 g/mol. The summed E-state index contributed by atoms with van der Waals surface area (Å²) >= 11 is 0. The number of phenols is 1. The summed E-state index contributed by atoms with van der Waals surface area (Å²) in [5.41, 5.74) is 16.0. The lowest BCUT2D eigenvalue weighted by Crippen LogP contribution is -2.60. The summed E-state index contributed by atoms with van der Waals surface area (Å²) < 4.78 is 77.1. The van der Waals surface area contributed by atoms with Crippen LogP contribution in [0, 0.1) is 34.5 Å². The lowest BCUT2D eigenvalue weighted by atomic mass is 9.49. The van der Waals surface area contributed by atoms with Crippen LogP contribution in [0.25, 0.3) is 11.4 Å². The molecule has 0 radical (unpaired) electrons. The molecular formula is C100H142N14O23S. The third kappa shape index (κ3) is 31.2. The van der Waals surface area contributed by atoms with Crippen LogP contribution in [-0.2, 0) is 128 Å². The number of nitrogens with two attached hydrogens (primary N) is 2. The van der Waals surface area contributed by atoms with Gasteiger partial charge >= 0.3 is 12.1 Å². The first-order valence-electron chi connectivity index (χ1n) is 48.1. The van der Waals surface area contributed by atoms with E-state index in [-0.39, 0.29) is 164 Å². The second kappa shape index (κ2) is 53.4. The number of nitrogens with one attached hydrogen (secondary N) is 11. The molecule has 0 spiro atoms. The van der Waals surface area contributed by atoms with Gasteiger partial charge in [-0.1, -0.05) is 121 Å². The van der Waals surface area contributed by atoms with E-state index < -0.39 is 117 Å². The number of carbonyl (C=O) groups excluding carboxylic acids is 11. The second-order valence-electron chi connectivity index (χ2n) is 37.2. The summed E-state index contributed by atoms with van der Waals surface area (Å²) in [7, 11) is -2.56. The number of hydrogen-bond donors (Lipinski definition) is 15. The molecule has 0 unspecified atom stereocenters. The van der Waals surface area contributed by atoms with Gasteiger partial charge in [0.2, 0.25) is 47.3 Å². The van der Waals surface area contributed by atoms with Gasteiger partial charge in [-0.3, -0.25) is 64.2 Å². The minimum atomic E-state index is -4.43. The van der Waals surface area contributed by atoms with E-state index in [0.29, 0.717) is 99.3 Å². The number of benzene rings is 5. The number of para-hydroxylation sites is 1. The summed E-state index contributed by atoms with van der Waals surface area (Å²) in [5.74, 6) is -0.451. The van der Waals surface area contributed by atoms with Crippen molar-refractivity contribution in [3.63, 3.8) is 0 Å². The monoisotopic (exact) mass is 1940 g/mol. The smallest absolute Gasteiger partial charge is 0.411 e. The molecule has 2 fully saturated rings. The van der Waals surface area contributed by atoms with Gasteiger partial charge in [-0.05, 0) is 182 Å². The summed E-state index contributed by atoms with van der Waals surface area (Å²) in [4.78, 5) is 153. The molecule has 0 aromatic heterocycles. The fraction of sp³-hybridized carbons (Fsp3) is 0.570. The predicted octanol–water partition coefficient (Wildman–Crippen LogP) is 7.92. The lowest BCUT2D eigenvalue weighted by molar-refractivity contribution is -0.150. The molecule has 5 aromatic carbocycles. The number of ether oxygens (including phenoxy) is 8. The van der Waals surface area contributed by atoms with Gasteiger partial charge in [0.1, 0.15) is 18.4 Å². The van der Waals surface area contributed by atoms with Crippen molar-refractivity contribution >= 4 is 104 Å². The van der Waals surface area contributed by atoms with E-state index >= 15 is 0 Å². The summed E-state index contributed by atoms with van der Waals surface area (Å²) in [6, 6.07) is 29.6. The number of primary amides is 1. The zero-order valence-corrected chi connectivity index (χ0v) is 81.4. The van der Waals surface area contributed by atoms with Gasteiger partial charge in [-0.15, -0.1) is 0 Å². The molecule has 10 rings (SSSR count). The molecule has 1 heterocycles. The fourth-order valence-corrected chi connectivity index (χ4v) is 20.4. The highest BCUT2D eigenvalue weighted by Crippen LogP contribution is 2.60. The molecule has 9 atom stereocenters. The van der Waals surface area contributed by atoms with Crippen LogP contribution >= 0.6 is 0 Å². The van der Waals surface area contributed by atoms with Crippen LogP contribution in [0.4, 0.5) is 26.7 Å². The average Bonchev–Trinajstić information content (AvgIpc) is 0.721. The van der Waals surface area contributed by atoms with Crippen molar-refractivity contribution in [2.45, 2.75) is 193 Å². The van der Waals surface area contributed by atoms with Gasteiger partial charge in [-0.2, -0.15) is 8.42 Å². The van der Waals surface area contributed by atoms with E-state index in [2.05, 4.69) is 72.4 Å². The largest absolute Gasteiger partial charge is 0.508 e. The van der Waals surface area contributed by atoms with Crippen molar-refractivity contribution < 1.29 is 109 Å². The summed E-state index contributed by atoms with van der Waals surface area (Å²) in [5, 5.41) is 38.8. The van der Waals surface area contributed by atoms with Crippen molar-refractivity contribution in [3.05, 3.63) is 154 Å². The first kappa shape index (κ1) is 109. The quantitative estimate of drug-likeness (QED) is 0.00577. The van der Waals surface area contributed by atoms with Crippen molar-refractivity contribution in [1.82, 2.24) is 48.0 Å². The minimum Gasteiger partial charge on any atom is -0.508 e. The number of ketones is 1. The normalized spacial score (nSPS) is 20.4. The zero-order valence-electron chi connectivity index (χ0n) is 80.6. The van der Waals surface area contributed by atoms with Crippen molar-refractivity contribution in [1.29, 1.82) is 0 Å². The SMILES string of the molecule is CNCCOCCOCCOCCN/C1=C(\NN)c2ccccc2N(C(=O)CCC(=O)NCCOCCOCCOCCOCCC(=O)N[C@H](CCC(=O)NCCS(=O)(=O)O)C(=O)N[C@H](C(=O)C[C@@H](CCCNC(N)=O)C(=O)Nc2ccc(COC(=O)Nc3ccc4c(c3)[C@@]3(C)CCC[C@](C)(C(=O)NC(=O)[C@@]5(C)CCC[C@]6(C)c7cc(O)ccc7CC[C@@H]56)[C@@H]3CC4)cc2)C(C)C)Cc2ccccc21. The van der Waals surface area contributed by atoms with E-state index in [1.54, 1.807) is 49.1 Å². The Bertz CT molecular complexity index is 5120. The number of likely N-dealkylation sites (N-methyl/N-ethyl adjacent to an activating group) is 1. The van der Waals surface area contributed by atoms with Crippen molar-refractivity contribution in [2.24, 2.45) is 46.1 Å². The van der Waals surface area contributed by atoms with Crippen molar-refractivity contribution in [2.75, 3.05) is 154 Å². The van der Waals surface area contributed by atoms with Crippen molar-refractivity contribution in [3.8, 4) is 5.75 Å². The van der Waals surface area contributed by atoms with E-state index in [1.165, 1.54) is 5.56 Å². The molecule has 0 bridgehead atoms. The van der Waals surface area contributed by atoms with E-state index in [0.717, 1.165) is 85.0 Å². The Morgan fingerprint density at radius 2 is 1.09 bits per heavy atom. The number of Topliss-reactive ketones (excluding diaryl/α,β-unsaturated/α-hetero) is 1. The van der Waals surface area contributed by atoms with Gasteiger partial charge in [0.15, 0.2) is 5.78 Å². The van der Waals surface area contributed by atoms with E-state index in [4.69, 9.17) is 49.5 Å². The lowest BCUT2D eigenvalue weighted by Gasteiger charge is -2.56. The molecule has 138 heavy (non-hydrogen) atoms. The topological polar surface area (TPSA) is 524 Å². The summed E-state index contributed by atoms with van der Waals surface area (Å²) in [6.07, 6.45) is 5.67. The fourth-order valence-electron chi connectivity index (χ4n) is 20.0. The Balaban J connectivity index is 0.625. The van der Waals surface area contributed by atoms with Gasteiger partial charge in [-0.25, -0.2) is 9.59 Å². The van der Waals surface area contributed by atoms with Crippen LogP contribution in [0.15, 0.2) is 109 Å². The van der Waals surface area contributed by atoms with Gasteiger partial charge < -0.3 is 102 Å². The highest BCUT2D eigenvalue weighted by Gasteiger charge is 2.59. The molecule has 0 saturated heterocycles. The number of hydrogen-bond acceptors (Lipinski definition) is 26. The number of fused-ring (bicyclic) bond motifs is 8. The second-order valence-corrected chi connectivity index (χ2v) is 38.8. The number of amides is 11. The van der Waals surface area contributed by atoms with Crippen LogP contribution in [-0.4, -0.2) is 233 Å². The Kier molecular flexibility index (Phi) is 42.1. The maximum Gasteiger partial charge on any atom is 0.411 e. The number of aryl methyl sites for hydroxylation is 2. The van der Waals surface area contributed by atoms with Crippen LogP contribution in [0.1, 0.15) is 189 Å². The standard InChI is InChI=1S/C100H142N14O23S/c1-66(2)88(81(116)61-70(16-12-41-107-95(101)125)91(121)108-72-26-20-67(21-27-72)65-137-96(126)109-73-28-22-68-24-31-82-97(3,77(68)62-73)37-13-39-99(82,5)93(123)112-94(124)100(6)40-14-38-98(4)78-63-74(115)29-23-69(78)25-32-83(98)100)111-92(122)79(30-33-84(117)105-45-60-138(127,128)129)110-86(119)36-46-130-50-54-134-58-59-136-56-52-132-48-43-104-85(118)34-35-87(120)114-64-71-15-8-9-17-75(71)89(90(113-102)76-18-10-11-19-80(76)114)106-44-49-133-53-57-135-55-51-131-47-42-103-7/h8-11,15,17-23,26-29,62-63,66,70,79,82-83,88,103,106,113,115H,12-14,16,24-25,30-61,64-65,102H2,1-7H3,(H,104,118)(H,105,117)(H,108,121)(H,109,126)(H,110,119)(H,111,122)(H3,101,107,125)(H,112,123,124)(H,127,128,129)/b90-89-/t70-,79-,82-,83-,88+,97-,98-,99+,100+/m1/s1. The highest BCUT2D eigenvalue weighted by molar-refractivity contribution is 7.85. The summed E-state index contributed by atoms with van der Waals surface area (Å²) in [6.45, 7) is 16.9. The zero-order chi connectivity index (χ0) is 99.4. The molecule has 38 heteroatoms. The average molecular weight is 1940 g/mol. The van der Waals surface area contributed by atoms with Crippen LogP contribution in [0.3, 0.4) is 0 Å². The third-order valence-electron chi connectivity index (χ3n) is 27.2. The molecule has 1 aliphatic heterocycles. The van der Waals surface area contributed by atoms with Gasteiger partial charge in [0.05, 0.1) is 139 Å². The maximum atomic E-state index is 14.9. The molecule has 37 nitrogen and oxygen atoms in total. The molecule has 756 valence electrons. The first-order valence-corrected chi connectivity index (χ1v) is 49.7. The number of phenolic OH excluding ortho intramolecular Hbond substituents is 1. The number of rotatable bonds is 56. The Hall–Kier alpha value is -11.0. The van der Waals surface area contributed by atoms with Crippen LogP contribution in [0.5, 0.6) is 5.75 Å². The van der Waals surface area contributed by atoms with E-state index in [1.807, 2.05) is 99.8 Å². The van der Waals surface area contributed by atoms with Crippen LogP contribution < -0.4 is 75.1 Å². The Morgan fingerprint density at radius 1 is 0.536 bits per heavy atom. The first-order chi connectivity index (χ1) is 66.2. The molecule has 5 aliphatic rings. The molecule has 11 amide bonds. The van der Waals surface area contributed by atoms with Gasteiger partial charge in [0, 0.05) is 93.2 Å². The molecule has 17 N–H and O–H groups in total. The third-order valence-corrected chi connectivity index (χ3v) is 28.0. The number of carbonyl (C=O) groups is 11. The number of anilines is 3. The Morgan fingerprint density at radius 3 is 1.69 bits per heavy atom. The molecule has 2 saturated carbocycles. The Labute approximate surface area is 808 Å².